The molecule has 0 saturated heterocycles. The summed E-state index contributed by atoms with van der Waals surface area (Å²) < 4.78 is 2.03. The molecule has 0 bridgehead atoms. The summed E-state index contributed by atoms with van der Waals surface area (Å²) in [5.41, 5.74) is 10.9. The van der Waals surface area contributed by atoms with Crippen LogP contribution in [0.15, 0.2) is 42.6 Å². The van der Waals surface area contributed by atoms with Crippen molar-refractivity contribution < 1.29 is 0 Å². The smallest absolute Gasteiger partial charge is 0.156 e. The zero-order chi connectivity index (χ0) is 14.1. The van der Waals surface area contributed by atoms with Crippen molar-refractivity contribution in [3.8, 4) is 11.3 Å². The summed E-state index contributed by atoms with van der Waals surface area (Å²) in [7, 11) is 0. The van der Waals surface area contributed by atoms with Crippen LogP contribution in [0, 0.1) is 6.92 Å². The molecule has 3 nitrogen and oxygen atoms in total. The zero-order valence-corrected chi connectivity index (χ0v) is 12.1. The lowest BCUT2D eigenvalue weighted by molar-refractivity contribution is 0.907. The molecule has 1 aromatic carbocycles. The Kier molecular flexibility index (Phi) is 3.47. The van der Waals surface area contributed by atoms with Crippen molar-refractivity contribution in [2.45, 2.75) is 13.3 Å². The molecule has 0 aliphatic carbocycles. The first-order chi connectivity index (χ1) is 9.70. The average molecular weight is 286 g/mol. The Hall–Kier alpha value is -1.84. The quantitative estimate of drug-likeness (QED) is 0.801. The molecule has 3 rings (SSSR count). The van der Waals surface area contributed by atoms with Gasteiger partial charge in [-0.2, -0.15) is 0 Å². The third kappa shape index (κ3) is 2.19. The van der Waals surface area contributed by atoms with Crippen LogP contribution in [-0.2, 0) is 6.42 Å². The first-order valence-electron chi connectivity index (χ1n) is 6.63. The predicted octanol–water partition coefficient (Wildman–Crippen LogP) is 3.46. The van der Waals surface area contributed by atoms with E-state index in [-0.39, 0.29) is 0 Å². The second-order valence-corrected chi connectivity index (χ2v) is 5.27. The fourth-order valence-corrected chi connectivity index (χ4v) is 2.61. The molecule has 2 N–H and O–H groups in total. The number of halogens is 1. The topological polar surface area (TPSA) is 43.3 Å². The lowest BCUT2D eigenvalue weighted by atomic mass is 10.1. The normalized spacial score (nSPS) is 11.2. The van der Waals surface area contributed by atoms with Gasteiger partial charge in [-0.15, -0.1) is 0 Å². The molecule has 20 heavy (non-hydrogen) atoms. The van der Waals surface area contributed by atoms with E-state index < -0.39 is 0 Å². The third-order valence-electron chi connectivity index (χ3n) is 3.41. The SMILES string of the molecule is Cc1ccc(-c2nc3c(Cl)cccn3c2CCN)cc1. The van der Waals surface area contributed by atoms with E-state index in [4.69, 9.17) is 22.3 Å². The highest BCUT2D eigenvalue weighted by Crippen LogP contribution is 2.28. The van der Waals surface area contributed by atoms with Crippen molar-refractivity contribution in [1.29, 1.82) is 0 Å². The molecule has 2 aromatic heterocycles. The van der Waals surface area contributed by atoms with E-state index in [2.05, 4.69) is 31.2 Å². The summed E-state index contributed by atoms with van der Waals surface area (Å²) in [6, 6.07) is 12.1. The van der Waals surface area contributed by atoms with Crippen LogP contribution in [0.25, 0.3) is 16.9 Å². The van der Waals surface area contributed by atoms with E-state index in [0.29, 0.717) is 11.6 Å². The number of rotatable bonds is 3. The minimum Gasteiger partial charge on any atom is -0.330 e. The Morgan fingerprint density at radius 2 is 1.95 bits per heavy atom. The average Bonchev–Trinajstić information content (AvgIpc) is 2.81. The zero-order valence-electron chi connectivity index (χ0n) is 11.3. The van der Waals surface area contributed by atoms with Gasteiger partial charge in [0.2, 0.25) is 0 Å². The predicted molar refractivity (Wildman–Crippen MR) is 83.1 cm³/mol. The highest BCUT2D eigenvalue weighted by atomic mass is 35.5. The summed E-state index contributed by atoms with van der Waals surface area (Å²) in [6.07, 6.45) is 2.75. The number of hydrogen-bond acceptors (Lipinski definition) is 2. The number of pyridine rings is 1. The molecular weight excluding hydrogens is 270 g/mol. The largest absolute Gasteiger partial charge is 0.330 e. The Morgan fingerprint density at radius 1 is 1.20 bits per heavy atom. The van der Waals surface area contributed by atoms with Crippen molar-refractivity contribution in [3.63, 3.8) is 0 Å². The molecule has 102 valence electrons. The van der Waals surface area contributed by atoms with Crippen LogP contribution in [0.1, 0.15) is 11.3 Å². The van der Waals surface area contributed by atoms with Crippen LogP contribution < -0.4 is 5.73 Å². The summed E-state index contributed by atoms with van der Waals surface area (Å²) in [5.74, 6) is 0. The van der Waals surface area contributed by atoms with E-state index in [9.17, 15) is 0 Å². The van der Waals surface area contributed by atoms with Crippen LogP contribution >= 0.6 is 11.6 Å². The van der Waals surface area contributed by atoms with Gasteiger partial charge in [0.1, 0.15) is 0 Å². The monoisotopic (exact) mass is 285 g/mol. The van der Waals surface area contributed by atoms with Crippen LogP contribution in [-0.4, -0.2) is 15.9 Å². The van der Waals surface area contributed by atoms with E-state index in [1.807, 2.05) is 22.7 Å². The molecule has 0 spiro atoms. The number of benzene rings is 1. The van der Waals surface area contributed by atoms with Gasteiger partial charge in [0, 0.05) is 18.2 Å². The highest BCUT2D eigenvalue weighted by Gasteiger charge is 2.14. The second kappa shape index (κ2) is 5.27. The maximum absolute atomic E-state index is 6.24. The van der Waals surface area contributed by atoms with Crippen LogP contribution in [0.3, 0.4) is 0 Å². The van der Waals surface area contributed by atoms with E-state index in [1.54, 1.807) is 0 Å². The Morgan fingerprint density at radius 3 is 2.65 bits per heavy atom. The molecule has 3 aromatic rings. The van der Waals surface area contributed by atoms with Crippen molar-refractivity contribution in [2.24, 2.45) is 5.73 Å². The Balaban J connectivity index is 2.26. The summed E-state index contributed by atoms with van der Waals surface area (Å²) in [6.45, 7) is 2.66. The van der Waals surface area contributed by atoms with E-state index >= 15 is 0 Å². The van der Waals surface area contributed by atoms with Gasteiger partial charge in [-0.1, -0.05) is 41.4 Å². The van der Waals surface area contributed by atoms with Crippen molar-refractivity contribution >= 4 is 17.2 Å². The van der Waals surface area contributed by atoms with Gasteiger partial charge < -0.3 is 10.1 Å². The van der Waals surface area contributed by atoms with Gasteiger partial charge in [-0.25, -0.2) is 4.98 Å². The van der Waals surface area contributed by atoms with Gasteiger partial charge in [-0.05, 0) is 25.6 Å². The van der Waals surface area contributed by atoms with Crippen LogP contribution in [0.4, 0.5) is 0 Å². The highest BCUT2D eigenvalue weighted by molar-refractivity contribution is 6.33. The fraction of sp³-hybridized carbons (Fsp3) is 0.188. The van der Waals surface area contributed by atoms with Gasteiger partial charge in [0.05, 0.1) is 16.4 Å². The number of aryl methyl sites for hydroxylation is 1. The molecule has 0 amide bonds. The lowest BCUT2D eigenvalue weighted by Gasteiger charge is -2.04. The first-order valence-corrected chi connectivity index (χ1v) is 7.01. The first kappa shape index (κ1) is 13.2. The number of nitrogens with zero attached hydrogens (tertiary/aromatic N) is 2. The molecule has 4 heteroatoms. The van der Waals surface area contributed by atoms with Crippen LogP contribution in [0.5, 0.6) is 0 Å². The molecule has 2 heterocycles. The van der Waals surface area contributed by atoms with Crippen molar-refractivity contribution in [1.82, 2.24) is 9.38 Å². The van der Waals surface area contributed by atoms with Gasteiger partial charge in [0.15, 0.2) is 5.65 Å². The second-order valence-electron chi connectivity index (χ2n) is 4.86. The molecule has 0 fully saturated rings. The summed E-state index contributed by atoms with van der Waals surface area (Å²) in [4.78, 5) is 4.71. The molecule has 0 atom stereocenters. The lowest BCUT2D eigenvalue weighted by Crippen LogP contribution is -2.06. The molecule has 0 radical (unpaired) electrons. The maximum atomic E-state index is 6.24. The third-order valence-corrected chi connectivity index (χ3v) is 3.70. The maximum Gasteiger partial charge on any atom is 0.156 e. The van der Waals surface area contributed by atoms with Gasteiger partial charge in [0.25, 0.3) is 0 Å². The Labute approximate surface area is 123 Å². The van der Waals surface area contributed by atoms with Crippen LogP contribution in [0.2, 0.25) is 5.02 Å². The van der Waals surface area contributed by atoms with Crippen molar-refractivity contribution in [2.75, 3.05) is 6.54 Å². The van der Waals surface area contributed by atoms with Crippen molar-refractivity contribution in [3.05, 3.63) is 58.9 Å². The Bertz CT molecular complexity index is 744. The van der Waals surface area contributed by atoms with Gasteiger partial charge >= 0.3 is 0 Å². The molecule has 0 saturated carbocycles. The van der Waals surface area contributed by atoms with Gasteiger partial charge in [-0.3, -0.25) is 0 Å². The fourth-order valence-electron chi connectivity index (χ4n) is 2.40. The number of aromatic nitrogens is 2. The molecule has 0 aliphatic heterocycles. The molecule has 0 aliphatic rings. The minimum atomic E-state index is 0.583. The summed E-state index contributed by atoms with van der Waals surface area (Å²) >= 11 is 6.24. The number of hydrogen-bond donors (Lipinski definition) is 1. The van der Waals surface area contributed by atoms with E-state index in [0.717, 1.165) is 29.0 Å². The number of nitrogens with two attached hydrogens (primary N) is 1. The minimum absolute atomic E-state index is 0.583. The standard InChI is InChI=1S/C16H16ClN3/c1-11-4-6-12(7-5-11)15-14(8-9-18)20-10-2-3-13(17)16(20)19-15/h2-7,10H,8-9,18H2,1H3. The number of fused-ring (bicyclic) bond motifs is 1. The number of imidazole rings is 1. The molecule has 0 unspecified atom stereocenters. The van der Waals surface area contributed by atoms with E-state index in [1.165, 1.54) is 5.56 Å². The molecular formula is C16H16ClN3. The summed E-state index contributed by atoms with van der Waals surface area (Å²) in [5, 5.41) is 0.657.